The van der Waals surface area contributed by atoms with Crippen LogP contribution in [-0.2, 0) is 9.59 Å². The largest absolute Gasteiger partial charge is 0.482 e. The van der Waals surface area contributed by atoms with E-state index < -0.39 is 0 Å². The Morgan fingerprint density at radius 1 is 1.17 bits per heavy atom. The second-order valence-electron chi connectivity index (χ2n) is 5.04. The van der Waals surface area contributed by atoms with Gasteiger partial charge in [0.2, 0.25) is 5.91 Å². The van der Waals surface area contributed by atoms with Crippen molar-refractivity contribution in [3.8, 4) is 5.75 Å². The lowest BCUT2D eigenvalue weighted by Gasteiger charge is -2.16. The number of carbonyl (C=O) groups is 2. The number of carbonyl (C=O) groups excluding carboxylic acids is 2. The van der Waals surface area contributed by atoms with E-state index in [0.717, 1.165) is 0 Å². The summed E-state index contributed by atoms with van der Waals surface area (Å²) in [5.74, 6) is -0.0656. The van der Waals surface area contributed by atoms with Crippen molar-refractivity contribution >= 4 is 46.4 Å². The topological polar surface area (TPSA) is 58.6 Å². The van der Waals surface area contributed by atoms with Crippen LogP contribution < -0.4 is 15.0 Å². The van der Waals surface area contributed by atoms with E-state index in [2.05, 4.69) is 5.32 Å². The van der Waals surface area contributed by atoms with Crippen LogP contribution in [0.1, 0.15) is 6.92 Å². The fourth-order valence-electron chi connectivity index (χ4n) is 1.91. The molecule has 2 rings (SSSR count). The van der Waals surface area contributed by atoms with E-state index >= 15 is 0 Å². The number of amides is 2. The van der Waals surface area contributed by atoms with Crippen molar-refractivity contribution in [1.29, 1.82) is 0 Å². The van der Waals surface area contributed by atoms with Crippen LogP contribution in [0.4, 0.5) is 11.4 Å². The smallest absolute Gasteiger partial charge is 0.262 e. The van der Waals surface area contributed by atoms with Crippen LogP contribution >= 0.6 is 23.2 Å². The zero-order valence-electron chi connectivity index (χ0n) is 13.2. The van der Waals surface area contributed by atoms with Gasteiger partial charge in [-0.2, -0.15) is 0 Å². The molecule has 0 aliphatic carbocycles. The van der Waals surface area contributed by atoms with Crippen LogP contribution in [0.15, 0.2) is 42.5 Å². The lowest BCUT2D eigenvalue weighted by molar-refractivity contribution is -0.118. The number of rotatable bonds is 5. The van der Waals surface area contributed by atoms with Gasteiger partial charge in [0, 0.05) is 30.4 Å². The molecule has 0 radical (unpaired) electrons. The maximum atomic E-state index is 12.0. The van der Waals surface area contributed by atoms with Crippen LogP contribution in [0.3, 0.4) is 0 Å². The predicted molar refractivity (Wildman–Crippen MR) is 96.1 cm³/mol. The summed E-state index contributed by atoms with van der Waals surface area (Å²) in [7, 11) is 1.66. The fraction of sp³-hybridized carbons (Fsp3) is 0.176. The molecule has 7 heteroatoms. The van der Waals surface area contributed by atoms with E-state index in [1.165, 1.54) is 17.9 Å². The summed E-state index contributed by atoms with van der Waals surface area (Å²) in [5, 5.41) is 3.53. The third kappa shape index (κ3) is 4.88. The quantitative estimate of drug-likeness (QED) is 0.869. The Morgan fingerprint density at radius 2 is 1.92 bits per heavy atom. The molecule has 5 nitrogen and oxygen atoms in total. The van der Waals surface area contributed by atoms with Gasteiger partial charge in [-0.3, -0.25) is 9.59 Å². The molecule has 0 aromatic heterocycles. The second-order valence-corrected chi connectivity index (χ2v) is 5.88. The highest BCUT2D eigenvalue weighted by Gasteiger charge is 2.09. The number of anilines is 2. The Morgan fingerprint density at radius 3 is 2.58 bits per heavy atom. The van der Waals surface area contributed by atoms with Gasteiger partial charge in [0.25, 0.3) is 5.91 Å². The summed E-state index contributed by atoms with van der Waals surface area (Å²) < 4.78 is 5.37. The molecule has 2 amide bonds. The van der Waals surface area contributed by atoms with Crippen LogP contribution in [0, 0.1) is 0 Å². The molecule has 0 bridgehead atoms. The Labute approximate surface area is 150 Å². The number of ether oxygens (including phenoxy) is 1. The van der Waals surface area contributed by atoms with Crippen LogP contribution in [0.2, 0.25) is 10.0 Å². The molecule has 0 aliphatic heterocycles. The van der Waals surface area contributed by atoms with E-state index in [9.17, 15) is 9.59 Å². The van der Waals surface area contributed by atoms with E-state index in [-0.39, 0.29) is 18.4 Å². The summed E-state index contributed by atoms with van der Waals surface area (Å²) in [6.07, 6.45) is 0. The zero-order valence-corrected chi connectivity index (χ0v) is 14.7. The Bertz CT molecular complexity index is 765. The molecule has 0 aliphatic rings. The maximum Gasteiger partial charge on any atom is 0.262 e. The number of nitrogens with one attached hydrogen (secondary N) is 1. The first-order chi connectivity index (χ1) is 11.4. The maximum absolute atomic E-state index is 12.0. The average molecular weight is 367 g/mol. The molecule has 126 valence electrons. The van der Waals surface area contributed by atoms with Gasteiger partial charge in [0.15, 0.2) is 6.61 Å². The standard InChI is InChI=1S/C17H16Cl2N2O3/c1-11(22)21(2)14-5-3-4-13(9-14)20-17(23)10-24-16-7-6-12(18)8-15(16)19/h3-9H,10H2,1-2H3,(H,20,23). The molecule has 2 aromatic carbocycles. The van der Waals surface area contributed by atoms with Gasteiger partial charge in [-0.05, 0) is 36.4 Å². The molecule has 0 unspecified atom stereocenters. The van der Waals surface area contributed by atoms with Gasteiger partial charge in [0.1, 0.15) is 5.75 Å². The van der Waals surface area contributed by atoms with Crippen LogP contribution in [0.5, 0.6) is 5.75 Å². The minimum absolute atomic E-state index is 0.0980. The lowest BCUT2D eigenvalue weighted by Crippen LogP contribution is -2.23. The number of benzene rings is 2. The van der Waals surface area contributed by atoms with Crippen LogP contribution in [0.25, 0.3) is 0 Å². The van der Waals surface area contributed by atoms with Gasteiger partial charge in [-0.25, -0.2) is 0 Å². The van der Waals surface area contributed by atoms with Gasteiger partial charge in [-0.15, -0.1) is 0 Å². The second kappa shape index (κ2) is 8.04. The van der Waals surface area contributed by atoms with E-state index in [1.54, 1.807) is 43.4 Å². The van der Waals surface area contributed by atoms with E-state index in [0.29, 0.717) is 27.2 Å². The summed E-state index contributed by atoms with van der Waals surface area (Å²) in [5.41, 5.74) is 1.25. The number of nitrogens with zero attached hydrogens (tertiary/aromatic N) is 1. The third-order valence-corrected chi connectivity index (χ3v) is 3.77. The van der Waals surface area contributed by atoms with Crippen molar-refractivity contribution in [3.05, 3.63) is 52.5 Å². The highest BCUT2D eigenvalue weighted by Crippen LogP contribution is 2.27. The number of halogens is 2. The SMILES string of the molecule is CC(=O)N(C)c1cccc(NC(=O)COc2ccc(Cl)cc2Cl)c1. The molecule has 0 fully saturated rings. The summed E-state index contributed by atoms with van der Waals surface area (Å²) in [6.45, 7) is 1.27. The first-order valence-electron chi connectivity index (χ1n) is 7.09. The minimum Gasteiger partial charge on any atom is -0.482 e. The van der Waals surface area contributed by atoms with Crippen LogP contribution in [-0.4, -0.2) is 25.5 Å². The monoisotopic (exact) mass is 366 g/mol. The summed E-state index contributed by atoms with van der Waals surface area (Å²) in [4.78, 5) is 24.9. The van der Waals surface area contributed by atoms with Crippen molar-refractivity contribution in [2.75, 3.05) is 23.9 Å². The molecule has 0 saturated carbocycles. The van der Waals surface area contributed by atoms with Crippen molar-refractivity contribution in [2.24, 2.45) is 0 Å². The molecule has 24 heavy (non-hydrogen) atoms. The van der Waals surface area contributed by atoms with Crippen molar-refractivity contribution in [2.45, 2.75) is 6.92 Å². The fourth-order valence-corrected chi connectivity index (χ4v) is 2.37. The first-order valence-corrected chi connectivity index (χ1v) is 7.84. The van der Waals surface area contributed by atoms with E-state index in [1.807, 2.05) is 0 Å². The number of hydrogen-bond donors (Lipinski definition) is 1. The lowest BCUT2D eigenvalue weighted by atomic mass is 10.2. The van der Waals surface area contributed by atoms with Gasteiger partial charge >= 0.3 is 0 Å². The molecule has 1 N–H and O–H groups in total. The zero-order chi connectivity index (χ0) is 17.7. The number of hydrogen-bond acceptors (Lipinski definition) is 3. The average Bonchev–Trinajstić information content (AvgIpc) is 2.53. The van der Waals surface area contributed by atoms with Crippen molar-refractivity contribution in [1.82, 2.24) is 0 Å². The van der Waals surface area contributed by atoms with Crippen molar-refractivity contribution < 1.29 is 14.3 Å². The van der Waals surface area contributed by atoms with Gasteiger partial charge < -0.3 is 15.0 Å². The molecular formula is C17H16Cl2N2O3. The van der Waals surface area contributed by atoms with Gasteiger partial charge in [-0.1, -0.05) is 29.3 Å². The molecule has 0 atom stereocenters. The third-order valence-electron chi connectivity index (χ3n) is 3.24. The first kappa shape index (κ1) is 18.1. The summed E-state index contributed by atoms with van der Waals surface area (Å²) >= 11 is 11.8. The molecule has 0 spiro atoms. The normalized spacial score (nSPS) is 10.2. The molecule has 2 aromatic rings. The predicted octanol–water partition coefficient (Wildman–Crippen LogP) is 3.99. The molecular weight excluding hydrogens is 351 g/mol. The highest BCUT2D eigenvalue weighted by molar-refractivity contribution is 6.35. The highest BCUT2D eigenvalue weighted by atomic mass is 35.5. The van der Waals surface area contributed by atoms with E-state index in [4.69, 9.17) is 27.9 Å². The van der Waals surface area contributed by atoms with Gasteiger partial charge in [0.05, 0.1) is 5.02 Å². The van der Waals surface area contributed by atoms with Crippen molar-refractivity contribution in [3.63, 3.8) is 0 Å². The molecule has 0 heterocycles. The Hall–Kier alpha value is -2.24. The molecule has 0 saturated heterocycles. The Kier molecular flexibility index (Phi) is 6.06. The summed E-state index contributed by atoms with van der Waals surface area (Å²) in [6, 6.07) is 11.7. The minimum atomic E-state index is -0.344. The Balaban J connectivity index is 1.97.